The topological polar surface area (TPSA) is 134 Å². The summed E-state index contributed by atoms with van der Waals surface area (Å²) in [6, 6.07) is 6.88. The first-order valence-corrected chi connectivity index (χ1v) is 10.2. The van der Waals surface area contributed by atoms with E-state index in [0.717, 1.165) is 29.7 Å². The van der Waals surface area contributed by atoms with E-state index in [2.05, 4.69) is 5.32 Å². The number of ether oxygens (including phenoxy) is 1. The zero-order valence-corrected chi connectivity index (χ0v) is 16.8. The molecule has 0 unspecified atom stereocenters. The zero-order valence-electron chi connectivity index (χ0n) is 15.9. The van der Waals surface area contributed by atoms with Gasteiger partial charge in [-0.25, -0.2) is 4.79 Å². The van der Waals surface area contributed by atoms with Crippen molar-refractivity contribution in [3.8, 4) is 0 Å². The molecule has 3 aromatic rings. The van der Waals surface area contributed by atoms with Crippen molar-refractivity contribution < 1.29 is 23.5 Å². The fraction of sp³-hybridized carbons (Fsp3) is 0.300. The number of para-hydroxylation sites is 2. The van der Waals surface area contributed by atoms with E-state index in [-0.39, 0.29) is 13.0 Å². The summed E-state index contributed by atoms with van der Waals surface area (Å²) < 4.78 is 11.4. The van der Waals surface area contributed by atoms with E-state index in [1.165, 1.54) is 15.9 Å². The van der Waals surface area contributed by atoms with Gasteiger partial charge in [-0.2, -0.15) is 0 Å². The van der Waals surface area contributed by atoms with Crippen molar-refractivity contribution in [2.45, 2.75) is 32.2 Å². The lowest BCUT2D eigenvalue weighted by Gasteiger charge is -2.07. The Morgan fingerprint density at radius 3 is 2.83 bits per heavy atom. The second-order valence-corrected chi connectivity index (χ2v) is 7.98. The number of primary amides is 1. The molecule has 1 aliphatic rings. The third kappa shape index (κ3) is 3.86. The number of nitrogens with one attached hydrogen (secondary N) is 1. The van der Waals surface area contributed by atoms with E-state index in [9.17, 15) is 19.2 Å². The minimum atomic E-state index is -0.633. The van der Waals surface area contributed by atoms with Gasteiger partial charge in [0.1, 0.15) is 5.00 Å². The molecule has 2 amide bonds. The van der Waals surface area contributed by atoms with Crippen molar-refractivity contribution in [2.24, 2.45) is 5.73 Å². The molecule has 2 heterocycles. The summed E-state index contributed by atoms with van der Waals surface area (Å²) >= 11 is 1.33. The third-order valence-corrected chi connectivity index (χ3v) is 6.11. The number of anilines is 1. The van der Waals surface area contributed by atoms with Gasteiger partial charge in [-0.1, -0.05) is 12.1 Å². The molecule has 10 heteroatoms. The van der Waals surface area contributed by atoms with Crippen molar-refractivity contribution in [3.63, 3.8) is 0 Å². The normalized spacial score (nSPS) is 12.7. The summed E-state index contributed by atoms with van der Waals surface area (Å²) in [5.74, 6) is -2.34. The van der Waals surface area contributed by atoms with Gasteiger partial charge in [0.05, 0.1) is 17.5 Å². The number of oxazole rings is 1. The van der Waals surface area contributed by atoms with Crippen molar-refractivity contribution >= 4 is 45.2 Å². The van der Waals surface area contributed by atoms with Crippen LogP contribution < -0.4 is 16.8 Å². The predicted octanol–water partition coefficient (Wildman–Crippen LogP) is 1.82. The highest BCUT2D eigenvalue weighted by Gasteiger charge is 2.26. The highest BCUT2D eigenvalue weighted by Crippen LogP contribution is 2.38. The van der Waals surface area contributed by atoms with Crippen LogP contribution in [0.3, 0.4) is 0 Å². The Hall–Kier alpha value is -3.40. The Bertz CT molecular complexity index is 1210. The Balaban J connectivity index is 1.32. The van der Waals surface area contributed by atoms with Gasteiger partial charge in [0.15, 0.2) is 12.2 Å². The molecule has 9 nitrogen and oxygen atoms in total. The first-order valence-electron chi connectivity index (χ1n) is 9.42. The van der Waals surface area contributed by atoms with E-state index < -0.39 is 30.1 Å². The number of amides is 2. The zero-order chi connectivity index (χ0) is 21.3. The van der Waals surface area contributed by atoms with Crippen LogP contribution in [0.1, 0.15) is 33.6 Å². The number of hydrogen-bond acceptors (Lipinski definition) is 7. The van der Waals surface area contributed by atoms with E-state index >= 15 is 0 Å². The van der Waals surface area contributed by atoms with Crippen LogP contribution in [0.15, 0.2) is 33.5 Å². The molecular weight excluding hydrogens is 410 g/mol. The number of nitrogens with two attached hydrogens (primary N) is 1. The number of thiophene rings is 1. The summed E-state index contributed by atoms with van der Waals surface area (Å²) in [6.45, 7) is -0.430. The number of benzene rings is 1. The van der Waals surface area contributed by atoms with Gasteiger partial charge in [-0.15, -0.1) is 11.3 Å². The monoisotopic (exact) mass is 429 g/mol. The second kappa shape index (κ2) is 8.15. The van der Waals surface area contributed by atoms with E-state index in [1.54, 1.807) is 24.3 Å². The summed E-state index contributed by atoms with van der Waals surface area (Å²) in [7, 11) is 0. The van der Waals surface area contributed by atoms with Crippen LogP contribution >= 0.6 is 11.3 Å². The van der Waals surface area contributed by atoms with Crippen LogP contribution in [-0.4, -0.2) is 29.0 Å². The van der Waals surface area contributed by atoms with Crippen LogP contribution in [0.2, 0.25) is 0 Å². The first kappa shape index (κ1) is 19.9. The Morgan fingerprint density at radius 1 is 1.23 bits per heavy atom. The SMILES string of the molecule is NC(=O)c1c(NC(=O)COC(=O)CCn2c(=O)oc3ccccc32)sc2c1CCC2. The van der Waals surface area contributed by atoms with Gasteiger partial charge in [-0.05, 0) is 37.0 Å². The second-order valence-electron chi connectivity index (χ2n) is 6.87. The highest BCUT2D eigenvalue weighted by atomic mass is 32.1. The number of aromatic nitrogens is 1. The van der Waals surface area contributed by atoms with Gasteiger partial charge in [-0.3, -0.25) is 19.0 Å². The van der Waals surface area contributed by atoms with Crippen molar-refractivity contribution in [2.75, 3.05) is 11.9 Å². The van der Waals surface area contributed by atoms with Gasteiger partial charge in [0.2, 0.25) is 0 Å². The number of hydrogen-bond donors (Lipinski definition) is 2. The fourth-order valence-corrected chi connectivity index (χ4v) is 4.87. The average molecular weight is 429 g/mol. The number of rotatable bonds is 7. The maximum Gasteiger partial charge on any atom is 0.419 e. The maximum absolute atomic E-state index is 12.2. The largest absolute Gasteiger partial charge is 0.456 e. The standard InChI is InChI=1S/C20H19N3O6S/c21-18(26)17-11-4-3-7-14(11)30-19(17)22-15(24)10-28-16(25)8-9-23-12-5-1-2-6-13(12)29-20(23)27/h1-2,5-6H,3-4,7-10H2,(H2,21,26)(H,22,24). The van der Waals surface area contributed by atoms with Crippen LogP contribution in [0, 0.1) is 0 Å². The molecule has 0 aliphatic heterocycles. The van der Waals surface area contributed by atoms with Crippen molar-refractivity contribution in [3.05, 3.63) is 50.8 Å². The average Bonchev–Trinajstić information content (AvgIpc) is 3.36. The van der Waals surface area contributed by atoms with Crippen LogP contribution in [0.25, 0.3) is 11.1 Å². The smallest absolute Gasteiger partial charge is 0.419 e. The number of nitrogens with zero attached hydrogens (tertiary/aromatic N) is 1. The molecule has 156 valence electrons. The van der Waals surface area contributed by atoms with Gasteiger partial charge >= 0.3 is 11.7 Å². The Morgan fingerprint density at radius 2 is 2.03 bits per heavy atom. The highest BCUT2D eigenvalue weighted by molar-refractivity contribution is 7.17. The summed E-state index contributed by atoms with van der Waals surface area (Å²) in [6.07, 6.45) is 2.48. The predicted molar refractivity (Wildman–Crippen MR) is 110 cm³/mol. The molecule has 4 rings (SSSR count). The lowest BCUT2D eigenvalue weighted by molar-refractivity contribution is -0.147. The Kier molecular flexibility index (Phi) is 5.40. The molecule has 0 atom stereocenters. The molecule has 2 aromatic heterocycles. The molecular formula is C20H19N3O6S. The number of carbonyl (C=O) groups is 3. The van der Waals surface area contributed by atoms with E-state index in [0.29, 0.717) is 21.7 Å². The molecule has 1 aliphatic carbocycles. The van der Waals surface area contributed by atoms with Crippen LogP contribution in [-0.2, 0) is 33.7 Å². The minimum absolute atomic E-state index is 0.0692. The minimum Gasteiger partial charge on any atom is -0.456 e. The third-order valence-electron chi connectivity index (χ3n) is 4.90. The molecule has 0 saturated heterocycles. The first-order chi connectivity index (χ1) is 14.4. The van der Waals surface area contributed by atoms with E-state index in [4.69, 9.17) is 14.9 Å². The number of fused-ring (bicyclic) bond motifs is 2. The molecule has 0 spiro atoms. The van der Waals surface area contributed by atoms with Crippen molar-refractivity contribution in [1.82, 2.24) is 4.57 Å². The molecule has 1 aromatic carbocycles. The van der Waals surface area contributed by atoms with Crippen LogP contribution in [0.4, 0.5) is 5.00 Å². The van der Waals surface area contributed by atoms with Gasteiger partial charge < -0.3 is 20.2 Å². The molecule has 0 radical (unpaired) electrons. The Labute approximate surface area is 174 Å². The fourth-order valence-electron chi connectivity index (χ4n) is 3.56. The molecule has 3 N–H and O–H groups in total. The van der Waals surface area contributed by atoms with Crippen molar-refractivity contribution in [1.29, 1.82) is 0 Å². The maximum atomic E-state index is 12.2. The van der Waals surface area contributed by atoms with E-state index in [1.807, 2.05) is 0 Å². The van der Waals surface area contributed by atoms with Crippen LogP contribution in [0.5, 0.6) is 0 Å². The molecule has 0 bridgehead atoms. The summed E-state index contributed by atoms with van der Waals surface area (Å²) in [4.78, 5) is 48.9. The quantitative estimate of drug-likeness (QED) is 0.550. The summed E-state index contributed by atoms with van der Waals surface area (Å²) in [5.41, 5.74) is 7.72. The summed E-state index contributed by atoms with van der Waals surface area (Å²) in [5, 5.41) is 3.00. The number of carbonyl (C=O) groups excluding carboxylic acids is 3. The lowest BCUT2D eigenvalue weighted by Crippen LogP contribution is -2.23. The van der Waals surface area contributed by atoms with Gasteiger partial charge in [0.25, 0.3) is 11.8 Å². The number of esters is 1. The molecule has 30 heavy (non-hydrogen) atoms. The van der Waals surface area contributed by atoms with Gasteiger partial charge in [0, 0.05) is 11.4 Å². The molecule has 0 saturated carbocycles. The number of aryl methyl sites for hydroxylation is 2. The lowest BCUT2D eigenvalue weighted by atomic mass is 10.1. The molecule has 0 fully saturated rings.